The molecule has 0 saturated carbocycles. The first-order valence-corrected chi connectivity index (χ1v) is 5.33. The molecular weight excluding hydrogens is 196 g/mol. The van der Waals surface area contributed by atoms with Crippen molar-refractivity contribution >= 4 is 6.08 Å². The zero-order valence-corrected chi connectivity index (χ0v) is 9.01. The number of aliphatic hydroxyl groups is 1. The Hall–Kier alpha value is -2.02. The molecule has 0 amide bonds. The molecule has 0 spiro atoms. The minimum atomic E-state index is 0.793. The lowest BCUT2D eigenvalue weighted by molar-refractivity contribution is 0.468. The Labute approximate surface area is 95.7 Å². The Morgan fingerprint density at radius 1 is 1.00 bits per heavy atom. The molecule has 0 fully saturated rings. The van der Waals surface area contributed by atoms with Crippen LogP contribution in [0.4, 0.5) is 0 Å². The summed E-state index contributed by atoms with van der Waals surface area (Å²) in [7, 11) is 0. The molecule has 16 heavy (non-hydrogen) atoms. The molecular formula is C15H14O. The largest absolute Gasteiger partial charge is 0.515 e. The highest BCUT2D eigenvalue weighted by atomic mass is 16.2. The Bertz CT molecular complexity index is 461. The van der Waals surface area contributed by atoms with Crippen LogP contribution >= 0.6 is 0 Å². The second-order valence-corrected chi connectivity index (χ2v) is 3.69. The molecule has 1 nitrogen and oxygen atoms in total. The van der Waals surface area contributed by atoms with Crippen LogP contribution in [0.3, 0.4) is 0 Å². The summed E-state index contributed by atoms with van der Waals surface area (Å²) in [5.41, 5.74) is 3.31. The maximum Gasteiger partial charge on any atom is 0.0826 e. The predicted octanol–water partition coefficient (Wildman–Crippen LogP) is 4.03. The quantitative estimate of drug-likeness (QED) is 0.731. The third kappa shape index (κ3) is 2.74. The molecule has 0 aliphatic heterocycles. The Morgan fingerprint density at radius 2 is 1.81 bits per heavy atom. The van der Waals surface area contributed by atoms with Crippen molar-refractivity contribution in [2.75, 3.05) is 0 Å². The Balaban J connectivity index is 2.05. The molecule has 0 saturated heterocycles. The van der Waals surface area contributed by atoms with E-state index in [9.17, 15) is 0 Å². The predicted molar refractivity (Wildman–Crippen MR) is 68.0 cm³/mol. The number of allylic oxidation sites excluding steroid dienone is 6. The number of benzene rings is 1. The maximum absolute atomic E-state index is 8.82. The lowest BCUT2D eigenvalue weighted by Gasteiger charge is -2.04. The van der Waals surface area contributed by atoms with Crippen molar-refractivity contribution in [3.63, 3.8) is 0 Å². The van der Waals surface area contributed by atoms with Gasteiger partial charge in [0.15, 0.2) is 0 Å². The van der Waals surface area contributed by atoms with Gasteiger partial charge in [-0.25, -0.2) is 0 Å². The first-order chi connectivity index (χ1) is 7.88. The molecule has 1 heteroatoms. The van der Waals surface area contributed by atoms with E-state index in [-0.39, 0.29) is 0 Å². The van der Waals surface area contributed by atoms with E-state index in [4.69, 9.17) is 5.11 Å². The summed E-state index contributed by atoms with van der Waals surface area (Å²) in [5, 5.41) is 8.82. The number of hydrogen-bond donors (Lipinski definition) is 1. The van der Waals surface area contributed by atoms with Crippen molar-refractivity contribution in [3.8, 4) is 0 Å². The molecule has 80 valence electrons. The minimum absolute atomic E-state index is 0.793. The molecule has 0 atom stereocenters. The van der Waals surface area contributed by atoms with Crippen molar-refractivity contribution in [3.05, 3.63) is 77.6 Å². The van der Waals surface area contributed by atoms with Crippen molar-refractivity contribution in [2.45, 2.75) is 6.42 Å². The average molecular weight is 210 g/mol. The molecule has 0 bridgehead atoms. The topological polar surface area (TPSA) is 20.2 Å². The maximum atomic E-state index is 8.82. The molecule has 1 aliphatic rings. The van der Waals surface area contributed by atoms with E-state index < -0.39 is 0 Å². The highest BCUT2D eigenvalue weighted by Crippen LogP contribution is 2.16. The zero-order valence-electron chi connectivity index (χ0n) is 9.01. The second-order valence-electron chi connectivity index (χ2n) is 3.69. The molecule has 0 radical (unpaired) electrons. The Kier molecular flexibility index (Phi) is 3.39. The third-order valence-electron chi connectivity index (χ3n) is 2.50. The van der Waals surface area contributed by atoms with Crippen LogP contribution in [0.15, 0.2) is 72.0 Å². The van der Waals surface area contributed by atoms with Gasteiger partial charge >= 0.3 is 0 Å². The lowest BCUT2D eigenvalue weighted by atomic mass is 10.0. The second kappa shape index (κ2) is 5.17. The summed E-state index contributed by atoms with van der Waals surface area (Å²) in [6.45, 7) is 0. The fraction of sp³-hybridized carbons (Fsp3) is 0.0667. The molecule has 2 rings (SSSR count). The molecule has 1 aromatic carbocycles. The van der Waals surface area contributed by atoms with Gasteiger partial charge in [0.2, 0.25) is 0 Å². The van der Waals surface area contributed by atoms with Crippen LogP contribution in [0.2, 0.25) is 0 Å². The van der Waals surface area contributed by atoms with Crippen LogP contribution in [-0.2, 0) is 0 Å². The highest BCUT2D eigenvalue weighted by molar-refractivity contribution is 5.55. The zero-order chi connectivity index (χ0) is 11.2. The molecule has 1 N–H and O–H groups in total. The van der Waals surface area contributed by atoms with E-state index >= 15 is 0 Å². The summed E-state index contributed by atoms with van der Waals surface area (Å²) >= 11 is 0. The number of rotatable bonds is 2. The van der Waals surface area contributed by atoms with Crippen molar-refractivity contribution in [2.24, 2.45) is 0 Å². The highest BCUT2D eigenvalue weighted by Gasteiger charge is 1.97. The van der Waals surface area contributed by atoms with Crippen molar-refractivity contribution < 1.29 is 5.11 Å². The molecule has 1 aliphatic carbocycles. The van der Waals surface area contributed by atoms with Gasteiger partial charge in [-0.3, -0.25) is 0 Å². The van der Waals surface area contributed by atoms with Crippen LogP contribution < -0.4 is 0 Å². The van der Waals surface area contributed by atoms with Crippen LogP contribution in [0.1, 0.15) is 12.0 Å². The van der Waals surface area contributed by atoms with Gasteiger partial charge in [0.25, 0.3) is 0 Å². The summed E-state index contributed by atoms with van der Waals surface area (Å²) in [6.07, 6.45) is 12.2. The number of aliphatic hydroxyl groups excluding tert-OH is 1. The van der Waals surface area contributed by atoms with Crippen LogP contribution in [0, 0.1) is 0 Å². The van der Waals surface area contributed by atoms with E-state index in [1.54, 1.807) is 0 Å². The Morgan fingerprint density at radius 3 is 2.44 bits per heavy atom. The normalized spacial score (nSPS) is 18.0. The molecule has 0 aromatic heterocycles. The van der Waals surface area contributed by atoms with Gasteiger partial charge in [-0.15, -0.1) is 0 Å². The van der Waals surface area contributed by atoms with Gasteiger partial charge in [-0.05, 0) is 23.1 Å². The van der Waals surface area contributed by atoms with Gasteiger partial charge < -0.3 is 5.11 Å². The van der Waals surface area contributed by atoms with Gasteiger partial charge in [0.1, 0.15) is 0 Å². The first kappa shape index (κ1) is 10.5. The smallest absolute Gasteiger partial charge is 0.0826 e. The van der Waals surface area contributed by atoms with E-state index in [1.807, 2.05) is 30.4 Å². The van der Waals surface area contributed by atoms with E-state index in [0.29, 0.717) is 0 Å². The van der Waals surface area contributed by atoms with Gasteiger partial charge in [0, 0.05) is 0 Å². The van der Waals surface area contributed by atoms with Crippen molar-refractivity contribution in [1.82, 2.24) is 0 Å². The van der Waals surface area contributed by atoms with Crippen LogP contribution in [0.25, 0.3) is 6.08 Å². The summed E-state index contributed by atoms with van der Waals surface area (Å²) in [6, 6.07) is 10.2. The lowest BCUT2D eigenvalue weighted by Crippen LogP contribution is -1.85. The van der Waals surface area contributed by atoms with Gasteiger partial charge in [-0.2, -0.15) is 0 Å². The fourth-order valence-corrected chi connectivity index (χ4v) is 1.55. The van der Waals surface area contributed by atoms with Crippen molar-refractivity contribution in [1.29, 1.82) is 0 Å². The fourth-order valence-electron chi connectivity index (χ4n) is 1.55. The summed E-state index contributed by atoms with van der Waals surface area (Å²) in [5.74, 6) is 0. The van der Waals surface area contributed by atoms with Crippen LogP contribution in [-0.4, -0.2) is 5.11 Å². The SMILES string of the molecule is OC=C1C=CC(C=Cc2ccccc2)=CC1. The standard InChI is InChI=1S/C15H14O/c16-12-15-10-8-14(9-11-15)7-6-13-4-2-1-3-5-13/h1-10,12,16H,11H2. The van der Waals surface area contributed by atoms with Gasteiger partial charge in [0.05, 0.1) is 6.26 Å². The first-order valence-electron chi connectivity index (χ1n) is 5.33. The molecule has 0 heterocycles. The average Bonchev–Trinajstić information content (AvgIpc) is 2.38. The third-order valence-corrected chi connectivity index (χ3v) is 2.50. The molecule has 0 unspecified atom stereocenters. The van der Waals surface area contributed by atoms with E-state index in [1.165, 1.54) is 11.1 Å². The summed E-state index contributed by atoms with van der Waals surface area (Å²) < 4.78 is 0. The summed E-state index contributed by atoms with van der Waals surface area (Å²) in [4.78, 5) is 0. The van der Waals surface area contributed by atoms with Crippen LogP contribution in [0.5, 0.6) is 0 Å². The molecule has 1 aromatic rings. The van der Waals surface area contributed by atoms with Gasteiger partial charge in [-0.1, -0.05) is 60.7 Å². The minimum Gasteiger partial charge on any atom is -0.515 e. The monoisotopic (exact) mass is 210 g/mol. The van der Waals surface area contributed by atoms with E-state index in [0.717, 1.165) is 18.3 Å². The number of hydrogen-bond acceptors (Lipinski definition) is 1. The van der Waals surface area contributed by atoms with E-state index in [2.05, 4.69) is 30.4 Å².